The van der Waals surface area contributed by atoms with E-state index in [-0.39, 0.29) is 22.1 Å². The van der Waals surface area contributed by atoms with E-state index in [0.29, 0.717) is 19.8 Å². The summed E-state index contributed by atoms with van der Waals surface area (Å²) in [7, 11) is -2.72. The molecule has 1 aromatic rings. The third-order valence-electron chi connectivity index (χ3n) is 7.27. The van der Waals surface area contributed by atoms with Crippen molar-refractivity contribution in [1.29, 1.82) is 0 Å². The fourth-order valence-electron chi connectivity index (χ4n) is 2.89. The Morgan fingerprint density at radius 3 is 1.92 bits per heavy atom. The van der Waals surface area contributed by atoms with Crippen molar-refractivity contribution in [2.45, 2.75) is 104 Å². The molecule has 0 fully saturated rings. The molecule has 0 bridgehead atoms. The molecule has 0 saturated carbocycles. The van der Waals surface area contributed by atoms with Crippen LogP contribution in [0, 0.1) is 0 Å². The molecule has 0 aliphatic carbocycles. The highest BCUT2D eigenvalue weighted by Crippen LogP contribution is 2.40. The van der Waals surface area contributed by atoms with E-state index in [1.54, 1.807) is 20.1 Å². The lowest BCUT2D eigenvalue weighted by atomic mass is 10.2. The van der Waals surface area contributed by atoms with E-state index in [2.05, 4.69) is 67.7 Å². The third kappa shape index (κ3) is 10.1. The van der Waals surface area contributed by atoms with Crippen LogP contribution in [0.2, 0.25) is 36.3 Å². The number of hydrogen-bond acceptors (Lipinski definition) is 6. The average Bonchev–Trinajstić information content (AvgIpc) is 2.75. The van der Waals surface area contributed by atoms with Crippen molar-refractivity contribution in [2.24, 2.45) is 0 Å². The molecule has 0 unspecified atom stereocenters. The number of carbonyl (C=O) groups excluding carboxylic acids is 1. The van der Waals surface area contributed by atoms with E-state index >= 15 is 0 Å². The van der Waals surface area contributed by atoms with Crippen LogP contribution in [-0.4, -0.2) is 55.1 Å². The Morgan fingerprint density at radius 2 is 1.44 bits per heavy atom. The molecule has 0 N–H and O–H groups in total. The summed E-state index contributed by atoms with van der Waals surface area (Å²) in [4.78, 5) is 12.2. The third-order valence-corrected chi connectivity index (χ3v) is 16.3. The molecule has 2 atom stereocenters. The van der Waals surface area contributed by atoms with E-state index in [1.807, 2.05) is 24.3 Å². The predicted octanol–water partition coefficient (Wildman–Crippen LogP) is 7.11. The van der Waals surface area contributed by atoms with Gasteiger partial charge in [0.15, 0.2) is 16.6 Å². The van der Waals surface area contributed by atoms with Crippen LogP contribution in [0.3, 0.4) is 0 Å². The second kappa shape index (κ2) is 13.4. The van der Waals surface area contributed by atoms with Gasteiger partial charge in [0.05, 0.1) is 39.1 Å². The fraction of sp³-hybridized carbons (Fsp3) is 0.679. The van der Waals surface area contributed by atoms with Crippen LogP contribution in [0.5, 0.6) is 5.75 Å². The minimum atomic E-state index is -2.19. The maximum Gasteiger partial charge on any atom is 0.330 e. The Morgan fingerprint density at radius 1 is 0.917 bits per heavy atom. The number of benzene rings is 1. The molecule has 36 heavy (non-hydrogen) atoms. The molecule has 0 heterocycles. The first-order valence-electron chi connectivity index (χ1n) is 12.8. The van der Waals surface area contributed by atoms with Crippen molar-refractivity contribution < 1.29 is 27.9 Å². The van der Waals surface area contributed by atoms with Crippen LogP contribution < -0.4 is 4.74 Å². The van der Waals surface area contributed by atoms with Gasteiger partial charge in [-0.1, -0.05) is 53.7 Å². The van der Waals surface area contributed by atoms with Gasteiger partial charge in [0, 0.05) is 6.08 Å². The van der Waals surface area contributed by atoms with Gasteiger partial charge in [-0.25, -0.2) is 4.79 Å². The number of rotatable bonds is 13. The molecule has 6 nitrogen and oxygen atoms in total. The molecule has 0 aliphatic heterocycles. The quantitative estimate of drug-likeness (QED) is 0.151. The van der Waals surface area contributed by atoms with E-state index in [9.17, 15) is 4.79 Å². The molecule has 8 heteroatoms. The zero-order chi connectivity index (χ0) is 27.8. The van der Waals surface area contributed by atoms with Crippen molar-refractivity contribution in [2.75, 3.05) is 20.3 Å². The molecule has 1 rings (SSSR count). The number of carbonyl (C=O) groups is 1. The number of esters is 1. The standard InChI is InChI=1S/C28H50O6Si2/c1-13-32-26(29)19-18-24(33-35(9,10)27(2,3)4)25(34-36(11,12)28(5,6)7)21-31-20-22-14-16-23(30-8)17-15-22/h14-19,24-25H,13,20-21H2,1-12H3/b19-18+/t24-,25-/m1/s1. The first-order valence-corrected chi connectivity index (χ1v) is 18.7. The highest BCUT2D eigenvalue weighted by molar-refractivity contribution is 6.74. The van der Waals surface area contributed by atoms with Gasteiger partial charge < -0.3 is 23.1 Å². The minimum Gasteiger partial charge on any atom is -0.497 e. The lowest BCUT2D eigenvalue weighted by Crippen LogP contribution is -2.52. The van der Waals surface area contributed by atoms with Crippen LogP contribution >= 0.6 is 0 Å². The van der Waals surface area contributed by atoms with Crippen molar-refractivity contribution in [3.63, 3.8) is 0 Å². The Kier molecular flexibility index (Phi) is 12.1. The molecule has 1 aromatic carbocycles. The van der Waals surface area contributed by atoms with Gasteiger partial charge >= 0.3 is 5.97 Å². The van der Waals surface area contributed by atoms with E-state index < -0.39 is 22.7 Å². The second-order valence-electron chi connectivity index (χ2n) is 12.2. The Labute approximate surface area is 222 Å². The monoisotopic (exact) mass is 538 g/mol. The lowest BCUT2D eigenvalue weighted by Gasteiger charge is -2.44. The zero-order valence-corrected chi connectivity index (χ0v) is 26.7. The van der Waals surface area contributed by atoms with Crippen molar-refractivity contribution in [1.82, 2.24) is 0 Å². The molecule has 0 aromatic heterocycles. The summed E-state index contributed by atoms with van der Waals surface area (Å²) >= 11 is 0. The Bertz CT molecular complexity index is 835. The van der Waals surface area contributed by atoms with E-state index in [0.717, 1.165) is 11.3 Å². The molecule has 0 amide bonds. The van der Waals surface area contributed by atoms with Gasteiger partial charge in [-0.05, 0) is 67.0 Å². The summed E-state index contributed by atoms with van der Waals surface area (Å²) in [6, 6.07) is 7.83. The highest BCUT2D eigenvalue weighted by atomic mass is 28.4. The number of ether oxygens (including phenoxy) is 3. The van der Waals surface area contributed by atoms with Crippen molar-refractivity contribution >= 4 is 22.6 Å². The molecule has 0 radical (unpaired) electrons. The zero-order valence-electron chi connectivity index (χ0n) is 24.7. The van der Waals surface area contributed by atoms with Crippen LogP contribution in [0.15, 0.2) is 36.4 Å². The summed E-state index contributed by atoms with van der Waals surface area (Å²) in [6.45, 7) is 25.0. The smallest absolute Gasteiger partial charge is 0.330 e. The molecule has 206 valence electrons. The largest absolute Gasteiger partial charge is 0.497 e. The summed E-state index contributed by atoms with van der Waals surface area (Å²) < 4.78 is 30.3. The molecular weight excluding hydrogens is 488 g/mol. The van der Waals surface area contributed by atoms with Gasteiger partial charge in [0.2, 0.25) is 0 Å². The first-order chi connectivity index (χ1) is 16.4. The summed E-state index contributed by atoms with van der Waals surface area (Å²) in [5.41, 5.74) is 1.05. The van der Waals surface area contributed by atoms with Crippen LogP contribution in [-0.2, 0) is 29.7 Å². The minimum absolute atomic E-state index is 0.00546. The normalized spacial score (nSPS) is 15.1. The van der Waals surface area contributed by atoms with Crippen LogP contribution in [0.1, 0.15) is 54.0 Å². The fourth-order valence-corrected chi connectivity index (χ4v) is 5.46. The Hall–Kier alpha value is -1.46. The van der Waals surface area contributed by atoms with Gasteiger partial charge in [0.1, 0.15) is 5.75 Å². The molecule has 0 saturated heterocycles. The van der Waals surface area contributed by atoms with Gasteiger partial charge in [-0.3, -0.25) is 0 Å². The lowest BCUT2D eigenvalue weighted by molar-refractivity contribution is -0.137. The SMILES string of the molecule is CCOC(=O)/C=C/[C@@H](O[Si](C)(C)C(C)(C)C)[C@@H](COCc1ccc(OC)cc1)O[Si](C)(C)C(C)(C)C. The van der Waals surface area contributed by atoms with E-state index in [1.165, 1.54) is 6.08 Å². The average molecular weight is 539 g/mol. The maximum absolute atomic E-state index is 12.2. The maximum atomic E-state index is 12.2. The first kappa shape index (κ1) is 32.6. The predicted molar refractivity (Wildman–Crippen MR) is 153 cm³/mol. The molecule has 0 spiro atoms. The highest BCUT2D eigenvalue weighted by Gasteiger charge is 2.44. The van der Waals surface area contributed by atoms with Crippen LogP contribution in [0.25, 0.3) is 0 Å². The summed E-state index contributed by atoms with van der Waals surface area (Å²) in [5.74, 6) is 0.427. The van der Waals surface area contributed by atoms with Crippen molar-refractivity contribution in [3.05, 3.63) is 42.0 Å². The van der Waals surface area contributed by atoms with Crippen LogP contribution in [0.4, 0.5) is 0 Å². The van der Waals surface area contributed by atoms with Gasteiger partial charge in [0.25, 0.3) is 0 Å². The van der Waals surface area contributed by atoms with Gasteiger partial charge in [-0.2, -0.15) is 0 Å². The topological polar surface area (TPSA) is 63.2 Å². The second-order valence-corrected chi connectivity index (χ2v) is 21.7. The number of methoxy groups -OCH3 is 1. The summed E-state index contributed by atoms with van der Waals surface area (Å²) in [6.07, 6.45) is 2.45. The summed E-state index contributed by atoms with van der Waals surface area (Å²) in [5, 5.41) is 0.00209. The van der Waals surface area contributed by atoms with Crippen molar-refractivity contribution in [3.8, 4) is 5.75 Å². The molecule has 0 aliphatic rings. The molecular formula is C28H50O6Si2. The Balaban J connectivity index is 3.28. The number of hydrogen-bond donors (Lipinski definition) is 0. The van der Waals surface area contributed by atoms with Gasteiger partial charge in [-0.15, -0.1) is 0 Å². The van der Waals surface area contributed by atoms with E-state index in [4.69, 9.17) is 23.1 Å².